The predicted molar refractivity (Wildman–Crippen MR) is 62.7 cm³/mol. The van der Waals surface area contributed by atoms with Gasteiger partial charge in [-0.25, -0.2) is 4.79 Å². The molecule has 1 aromatic carbocycles. The van der Waals surface area contributed by atoms with E-state index < -0.39 is 12.0 Å². The quantitative estimate of drug-likeness (QED) is 0.808. The number of para-hydroxylation sites is 1. The van der Waals surface area contributed by atoms with E-state index in [1.54, 1.807) is 0 Å². The van der Waals surface area contributed by atoms with Gasteiger partial charge in [0.1, 0.15) is 6.04 Å². The molecule has 1 heterocycles. The van der Waals surface area contributed by atoms with Gasteiger partial charge in [0.2, 0.25) is 5.91 Å². The molecule has 1 atom stereocenters. The van der Waals surface area contributed by atoms with Crippen LogP contribution < -0.4 is 5.32 Å². The number of carbonyl (C=O) groups is 2. The molecule has 5 heteroatoms. The van der Waals surface area contributed by atoms with Crippen molar-refractivity contribution in [2.45, 2.75) is 12.5 Å². The van der Waals surface area contributed by atoms with Crippen molar-refractivity contribution < 1.29 is 14.7 Å². The third kappa shape index (κ3) is 2.55. The lowest BCUT2D eigenvalue weighted by molar-refractivity contribution is -0.156. The molecular formula is C12H14N2O3. The van der Waals surface area contributed by atoms with Crippen molar-refractivity contribution in [2.24, 2.45) is 0 Å². The number of carboxylic acids is 1. The van der Waals surface area contributed by atoms with Gasteiger partial charge in [-0.05, 0) is 18.6 Å². The second kappa shape index (κ2) is 4.86. The first kappa shape index (κ1) is 11.4. The molecule has 1 fully saturated rings. The Morgan fingerprint density at radius 3 is 2.59 bits per heavy atom. The van der Waals surface area contributed by atoms with Gasteiger partial charge < -0.3 is 15.3 Å². The van der Waals surface area contributed by atoms with Crippen LogP contribution >= 0.6 is 0 Å². The minimum Gasteiger partial charge on any atom is -0.480 e. The van der Waals surface area contributed by atoms with E-state index in [2.05, 4.69) is 5.32 Å². The molecule has 5 nitrogen and oxygen atoms in total. The number of rotatable bonds is 4. The van der Waals surface area contributed by atoms with Gasteiger partial charge >= 0.3 is 5.97 Å². The number of nitrogens with zero attached hydrogens (tertiary/aromatic N) is 1. The van der Waals surface area contributed by atoms with Gasteiger partial charge in [0.15, 0.2) is 0 Å². The molecule has 1 saturated heterocycles. The Kier molecular flexibility index (Phi) is 3.27. The van der Waals surface area contributed by atoms with Gasteiger partial charge in [-0.3, -0.25) is 4.79 Å². The summed E-state index contributed by atoms with van der Waals surface area (Å²) in [4.78, 5) is 23.9. The maximum atomic E-state index is 11.7. The van der Waals surface area contributed by atoms with E-state index in [0.29, 0.717) is 13.0 Å². The smallest absolute Gasteiger partial charge is 0.326 e. The zero-order valence-corrected chi connectivity index (χ0v) is 9.30. The number of hydrogen-bond acceptors (Lipinski definition) is 3. The van der Waals surface area contributed by atoms with Crippen LogP contribution in [-0.2, 0) is 9.59 Å². The third-order valence-electron chi connectivity index (χ3n) is 2.84. The van der Waals surface area contributed by atoms with Crippen molar-refractivity contribution in [2.75, 3.05) is 18.4 Å². The number of likely N-dealkylation sites (tertiary alicyclic amines) is 1. The molecule has 17 heavy (non-hydrogen) atoms. The molecule has 2 N–H and O–H groups in total. The molecule has 0 radical (unpaired) electrons. The zero-order valence-electron chi connectivity index (χ0n) is 9.30. The van der Waals surface area contributed by atoms with Crippen molar-refractivity contribution in [3.8, 4) is 0 Å². The van der Waals surface area contributed by atoms with Crippen LogP contribution in [0.3, 0.4) is 0 Å². The summed E-state index contributed by atoms with van der Waals surface area (Å²) in [6.07, 6.45) is 0.548. The van der Waals surface area contributed by atoms with Crippen molar-refractivity contribution in [1.82, 2.24) is 4.90 Å². The Labute approximate surface area is 99.0 Å². The summed E-state index contributed by atoms with van der Waals surface area (Å²) in [5, 5.41) is 11.8. The maximum Gasteiger partial charge on any atom is 0.326 e. The highest BCUT2D eigenvalue weighted by molar-refractivity contribution is 5.87. The lowest BCUT2D eigenvalue weighted by Crippen LogP contribution is -2.56. The monoisotopic (exact) mass is 234 g/mol. The van der Waals surface area contributed by atoms with E-state index >= 15 is 0 Å². The van der Waals surface area contributed by atoms with Crippen LogP contribution in [0, 0.1) is 0 Å². The van der Waals surface area contributed by atoms with Crippen LogP contribution in [0.25, 0.3) is 0 Å². The summed E-state index contributed by atoms with van der Waals surface area (Å²) in [5.41, 5.74) is 0.855. The summed E-state index contributed by atoms with van der Waals surface area (Å²) in [7, 11) is 0. The van der Waals surface area contributed by atoms with Crippen LogP contribution in [-0.4, -0.2) is 41.0 Å². The van der Waals surface area contributed by atoms with Gasteiger partial charge in [0.25, 0.3) is 0 Å². The molecule has 0 saturated carbocycles. The van der Waals surface area contributed by atoms with Crippen molar-refractivity contribution >= 4 is 17.6 Å². The highest BCUT2D eigenvalue weighted by Gasteiger charge is 2.37. The van der Waals surface area contributed by atoms with Crippen LogP contribution in [0.1, 0.15) is 6.42 Å². The summed E-state index contributed by atoms with van der Waals surface area (Å²) in [6.45, 7) is 0.667. The fraction of sp³-hybridized carbons (Fsp3) is 0.333. The van der Waals surface area contributed by atoms with Gasteiger partial charge in [0.05, 0.1) is 6.54 Å². The second-order valence-corrected chi connectivity index (χ2v) is 3.95. The molecule has 0 aromatic heterocycles. The SMILES string of the molecule is O=C(O)[C@@H]1CCN1C(=O)CNc1ccccc1. The fourth-order valence-corrected chi connectivity index (χ4v) is 1.78. The van der Waals surface area contributed by atoms with E-state index in [-0.39, 0.29) is 12.5 Å². The Morgan fingerprint density at radius 1 is 1.35 bits per heavy atom. The first-order chi connectivity index (χ1) is 8.18. The van der Waals surface area contributed by atoms with Crippen molar-refractivity contribution in [3.63, 3.8) is 0 Å². The highest BCUT2D eigenvalue weighted by atomic mass is 16.4. The molecule has 1 aliphatic heterocycles. The Balaban J connectivity index is 1.84. The number of carbonyl (C=O) groups excluding carboxylic acids is 1. The minimum absolute atomic E-state index is 0.133. The van der Waals surface area contributed by atoms with E-state index in [1.807, 2.05) is 30.3 Å². The second-order valence-electron chi connectivity index (χ2n) is 3.95. The van der Waals surface area contributed by atoms with E-state index in [9.17, 15) is 9.59 Å². The standard InChI is InChI=1S/C12H14N2O3/c15-11(14-7-6-10(14)12(16)17)8-13-9-4-2-1-3-5-9/h1-5,10,13H,6-8H2,(H,16,17)/t10-/m0/s1. The summed E-state index contributed by atoms with van der Waals surface area (Å²) < 4.78 is 0. The molecule has 0 aliphatic carbocycles. The molecule has 0 bridgehead atoms. The van der Waals surface area contributed by atoms with E-state index in [0.717, 1.165) is 5.69 Å². The number of nitrogens with one attached hydrogen (secondary N) is 1. The molecule has 0 unspecified atom stereocenters. The Bertz CT molecular complexity index is 419. The van der Waals surface area contributed by atoms with E-state index in [1.165, 1.54) is 4.90 Å². The largest absolute Gasteiger partial charge is 0.480 e. The van der Waals surface area contributed by atoms with E-state index in [4.69, 9.17) is 5.11 Å². The number of aliphatic carboxylic acids is 1. The first-order valence-corrected chi connectivity index (χ1v) is 5.49. The summed E-state index contributed by atoms with van der Waals surface area (Å²) in [5.74, 6) is -1.10. The molecule has 0 spiro atoms. The predicted octanol–water partition coefficient (Wildman–Crippen LogP) is 0.784. The first-order valence-electron chi connectivity index (χ1n) is 5.49. The topological polar surface area (TPSA) is 69.6 Å². The molecule has 90 valence electrons. The Morgan fingerprint density at radius 2 is 2.06 bits per heavy atom. The molecule has 1 amide bonds. The van der Waals surface area contributed by atoms with Crippen LogP contribution in [0.5, 0.6) is 0 Å². The van der Waals surface area contributed by atoms with Gasteiger partial charge in [-0.2, -0.15) is 0 Å². The minimum atomic E-state index is -0.927. The average molecular weight is 234 g/mol. The lowest BCUT2D eigenvalue weighted by Gasteiger charge is -2.38. The highest BCUT2D eigenvalue weighted by Crippen LogP contribution is 2.17. The number of benzene rings is 1. The van der Waals surface area contributed by atoms with Crippen molar-refractivity contribution in [1.29, 1.82) is 0 Å². The third-order valence-corrected chi connectivity index (χ3v) is 2.84. The Hall–Kier alpha value is -2.04. The number of carboxylic acid groups (broad SMARTS) is 1. The lowest BCUT2D eigenvalue weighted by atomic mass is 10.0. The van der Waals surface area contributed by atoms with Gasteiger partial charge in [-0.15, -0.1) is 0 Å². The van der Waals surface area contributed by atoms with Crippen molar-refractivity contribution in [3.05, 3.63) is 30.3 Å². The van der Waals surface area contributed by atoms with Crippen LogP contribution in [0.2, 0.25) is 0 Å². The number of anilines is 1. The number of amides is 1. The summed E-state index contributed by atoms with van der Waals surface area (Å²) in [6, 6.07) is 8.71. The van der Waals surface area contributed by atoms with Crippen LogP contribution in [0.4, 0.5) is 5.69 Å². The summed E-state index contributed by atoms with van der Waals surface area (Å²) >= 11 is 0. The molecule has 1 aromatic rings. The average Bonchev–Trinajstić information content (AvgIpc) is 2.25. The molecule has 2 rings (SSSR count). The van der Waals surface area contributed by atoms with Crippen LogP contribution in [0.15, 0.2) is 30.3 Å². The molecular weight excluding hydrogens is 220 g/mol. The van der Waals surface area contributed by atoms with Gasteiger partial charge in [0, 0.05) is 12.2 Å². The molecule has 1 aliphatic rings. The fourth-order valence-electron chi connectivity index (χ4n) is 1.78. The zero-order chi connectivity index (χ0) is 12.3. The number of hydrogen-bond donors (Lipinski definition) is 2. The van der Waals surface area contributed by atoms with Gasteiger partial charge in [-0.1, -0.05) is 18.2 Å². The normalized spacial score (nSPS) is 18.4. The maximum absolute atomic E-state index is 11.7.